The molecule has 180 valence electrons. The number of thiophene rings is 1. The van der Waals surface area contributed by atoms with Crippen molar-refractivity contribution in [3.8, 4) is 5.75 Å². The maximum Gasteiger partial charge on any atom is 0.119 e. The number of piperazine rings is 1. The Kier molecular flexibility index (Phi) is 7.84. The summed E-state index contributed by atoms with van der Waals surface area (Å²) in [6.07, 6.45) is 4.72. The summed E-state index contributed by atoms with van der Waals surface area (Å²) in [5.74, 6) is 0.987. The molecule has 2 aliphatic rings. The molecule has 5 rings (SSSR count). The zero-order chi connectivity index (χ0) is 23.2. The Hall–Kier alpha value is -2.34. The molecule has 1 fully saturated rings. The van der Waals surface area contributed by atoms with Crippen LogP contribution in [0.25, 0.3) is 0 Å². The molecule has 2 aromatic carbocycles. The minimum absolute atomic E-state index is 0.616. The fourth-order valence-electron chi connectivity index (χ4n) is 5.48. The second kappa shape index (κ2) is 11.4. The number of benzene rings is 2. The van der Waals surface area contributed by atoms with E-state index in [1.807, 2.05) is 11.3 Å². The van der Waals surface area contributed by atoms with Crippen molar-refractivity contribution in [2.45, 2.75) is 31.7 Å². The van der Waals surface area contributed by atoms with Gasteiger partial charge in [-0.2, -0.15) is 0 Å². The van der Waals surface area contributed by atoms with Gasteiger partial charge < -0.3 is 9.64 Å². The Morgan fingerprint density at radius 1 is 0.941 bits per heavy atom. The third-order valence-electron chi connectivity index (χ3n) is 7.55. The standard InChI is InChI=1S/C29H37N3OS/c1-33-28-12-10-24-9-11-27(22-25(24)23-28)31(14-13-29-8-5-21-34-29)18-15-30-16-19-32(20-17-30)26-6-3-2-4-7-26/h2-8,10,12,21,23,27H,9,11,13-20,22H2,1H3. The third kappa shape index (κ3) is 5.83. The Labute approximate surface area is 208 Å². The van der Waals surface area contributed by atoms with Crippen LogP contribution in [-0.2, 0) is 19.3 Å². The first-order valence-corrected chi connectivity index (χ1v) is 13.6. The SMILES string of the molecule is COc1ccc2c(c1)CC(N(CCc1cccs1)CCN1CCN(c3ccccc3)CC1)CC2. The fourth-order valence-corrected chi connectivity index (χ4v) is 6.18. The van der Waals surface area contributed by atoms with Gasteiger partial charge in [-0.3, -0.25) is 9.80 Å². The summed E-state index contributed by atoms with van der Waals surface area (Å²) in [5, 5.41) is 2.20. The fraction of sp³-hybridized carbons (Fsp3) is 0.448. The first-order valence-electron chi connectivity index (χ1n) is 12.7. The smallest absolute Gasteiger partial charge is 0.119 e. The lowest BCUT2D eigenvalue weighted by atomic mass is 9.87. The zero-order valence-electron chi connectivity index (χ0n) is 20.4. The van der Waals surface area contributed by atoms with Crippen molar-refractivity contribution in [1.82, 2.24) is 9.80 Å². The largest absolute Gasteiger partial charge is 0.497 e. The molecular weight excluding hydrogens is 438 g/mol. The Morgan fingerprint density at radius 2 is 1.79 bits per heavy atom. The van der Waals surface area contributed by atoms with Crippen molar-refractivity contribution >= 4 is 17.0 Å². The van der Waals surface area contributed by atoms with Crippen molar-refractivity contribution in [3.63, 3.8) is 0 Å². The lowest BCUT2D eigenvalue weighted by molar-refractivity contribution is 0.147. The van der Waals surface area contributed by atoms with Crippen molar-refractivity contribution < 1.29 is 4.74 Å². The van der Waals surface area contributed by atoms with Crippen LogP contribution in [0.1, 0.15) is 22.4 Å². The highest BCUT2D eigenvalue weighted by Gasteiger charge is 2.26. The molecule has 5 heteroatoms. The molecule has 1 aliphatic carbocycles. The van der Waals surface area contributed by atoms with Crippen LogP contribution in [-0.4, -0.2) is 68.8 Å². The maximum absolute atomic E-state index is 5.52. The van der Waals surface area contributed by atoms with Crippen LogP contribution in [0, 0.1) is 0 Å². The lowest BCUT2D eigenvalue weighted by Crippen LogP contribution is -2.50. The molecule has 0 bridgehead atoms. The number of anilines is 1. The number of rotatable bonds is 9. The van der Waals surface area contributed by atoms with E-state index in [1.54, 1.807) is 7.11 Å². The van der Waals surface area contributed by atoms with Gasteiger partial charge in [-0.25, -0.2) is 0 Å². The van der Waals surface area contributed by atoms with Crippen molar-refractivity contribution in [2.75, 3.05) is 57.8 Å². The van der Waals surface area contributed by atoms with Crippen LogP contribution in [0.2, 0.25) is 0 Å². The molecule has 0 N–H and O–H groups in total. The summed E-state index contributed by atoms with van der Waals surface area (Å²) < 4.78 is 5.52. The van der Waals surface area contributed by atoms with Gasteiger partial charge in [0.1, 0.15) is 5.75 Å². The molecule has 4 nitrogen and oxygen atoms in total. The Bertz CT molecular complexity index is 1020. The van der Waals surface area contributed by atoms with Crippen molar-refractivity contribution in [2.24, 2.45) is 0 Å². The first kappa shape index (κ1) is 23.4. The number of fused-ring (bicyclic) bond motifs is 1. The second-order valence-electron chi connectivity index (χ2n) is 9.56. The highest BCUT2D eigenvalue weighted by molar-refractivity contribution is 7.09. The van der Waals surface area contributed by atoms with Gasteiger partial charge in [0.25, 0.3) is 0 Å². The highest BCUT2D eigenvalue weighted by Crippen LogP contribution is 2.28. The van der Waals surface area contributed by atoms with E-state index in [9.17, 15) is 0 Å². The average molecular weight is 476 g/mol. The van der Waals surface area contributed by atoms with E-state index in [0.717, 1.165) is 64.4 Å². The van der Waals surface area contributed by atoms with E-state index < -0.39 is 0 Å². The highest BCUT2D eigenvalue weighted by atomic mass is 32.1. The normalized spacial score (nSPS) is 18.8. The van der Waals surface area contributed by atoms with Gasteiger partial charge in [0.05, 0.1) is 7.11 Å². The molecule has 1 aliphatic heterocycles. The van der Waals surface area contributed by atoms with Crippen LogP contribution in [0.5, 0.6) is 5.75 Å². The number of ether oxygens (including phenoxy) is 1. The molecule has 0 saturated carbocycles. The zero-order valence-corrected chi connectivity index (χ0v) is 21.2. The minimum atomic E-state index is 0.616. The van der Waals surface area contributed by atoms with Crippen LogP contribution in [0.15, 0.2) is 66.0 Å². The van der Waals surface area contributed by atoms with Crippen molar-refractivity contribution in [3.05, 3.63) is 82.0 Å². The van der Waals surface area contributed by atoms with Crippen LogP contribution in [0.4, 0.5) is 5.69 Å². The Balaban J connectivity index is 1.20. The summed E-state index contributed by atoms with van der Waals surface area (Å²) in [6.45, 7) is 8.01. The maximum atomic E-state index is 5.52. The number of hydrogen-bond acceptors (Lipinski definition) is 5. The first-order chi connectivity index (χ1) is 16.8. The van der Waals surface area contributed by atoms with Crippen LogP contribution < -0.4 is 9.64 Å². The third-order valence-corrected chi connectivity index (χ3v) is 8.49. The summed E-state index contributed by atoms with van der Waals surface area (Å²) in [6, 6.07) is 22.6. The molecule has 1 atom stereocenters. The molecular formula is C29H37N3OS. The van der Waals surface area contributed by atoms with Gasteiger partial charge in [-0.15, -0.1) is 11.3 Å². The van der Waals surface area contributed by atoms with Crippen molar-refractivity contribution in [1.29, 1.82) is 0 Å². The molecule has 0 radical (unpaired) electrons. The molecule has 1 unspecified atom stereocenters. The monoisotopic (exact) mass is 475 g/mol. The predicted molar refractivity (Wildman–Crippen MR) is 143 cm³/mol. The summed E-state index contributed by atoms with van der Waals surface area (Å²) >= 11 is 1.89. The molecule has 3 aromatic rings. The van der Waals surface area contributed by atoms with Gasteiger partial charge in [-0.05, 0) is 72.5 Å². The van der Waals surface area contributed by atoms with E-state index in [2.05, 4.69) is 80.7 Å². The minimum Gasteiger partial charge on any atom is -0.497 e. The van der Waals surface area contributed by atoms with E-state index in [-0.39, 0.29) is 0 Å². The van der Waals surface area contributed by atoms with Gasteiger partial charge in [0, 0.05) is 62.4 Å². The van der Waals surface area contributed by atoms with E-state index >= 15 is 0 Å². The molecule has 34 heavy (non-hydrogen) atoms. The quantitative estimate of drug-likeness (QED) is 0.434. The van der Waals surface area contributed by atoms with Crippen LogP contribution >= 0.6 is 11.3 Å². The van der Waals surface area contributed by atoms with E-state index in [0.29, 0.717) is 6.04 Å². The summed E-state index contributed by atoms with van der Waals surface area (Å²) in [7, 11) is 1.77. The number of nitrogens with zero attached hydrogens (tertiary/aromatic N) is 3. The van der Waals surface area contributed by atoms with Gasteiger partial charge in [0.15, 0.2) is 0 Å². The van der Waals surface area contributed by atoms with Gasteiger partial charge >= 0.3 is 0 Å². The average Bonchev–Trinajstić information content (AvgIpc) is 3.43. The molecule has 2 heterocycles. The van der Waals surface area contributed by atoms with E-state index in [4.69, 9.17) is 4.74 Å². The molecule has 0 amide bonds. The Morgan fingerprint density at radius 3 is 2.56 bits per heavy atom. The number of para-hydroxylation sites is 1. The van der Waals surface area contributed by atoms with Gasteiger partial charge in [-0.1, -0.05) is 30.3 Å². The second-order valence-corrected chi connectivity index (χ2v) is 10.6. The number of methoxy groups -OCH3 is 1. The molecule has 1 aromatic heterocycles. The van der Waals surface area contributed by atoms with Gasteiger partial charge in [0.2, 0.25) is 0 Å². The number of aryl methyl sites for hydroxylation is 1. The molecule has 1 saturated heterocycles. The lowest BCUT2D eigenvalue weighted by Gasteiger charge is -2.39. The summed E-state index contributed by atoms with van der Waals surface area (Å²) in [4.78, 5) is 9.47. The topological polar surface area (TPSA) is 19.0 Å². The molecule has 0 spiro atoms. The predicted octanol–water partition coefficient (Wildman–Crippen LogP) is 4.98. The van der Waals surface area contributed by atoms with Crippen LogP contribution in [0.3, 0.4) is 0 Å². The summed E-state index contributed by atoms with van der Waals surface area (Å²) in [5.41, 5.74) is 4.34. The van der Waals surface area contributed by atoms with E-state index in [1.165, 1.54) is 34.5 Å². The number of hydrogen-bond donors (Lipinski definition) is 0.